The number of aliphatic hydroxyl groups is 1. The Morgan fingerprint density at radius 2 is 1.77 bits per heavy atom. The molecule has 2 amide bonds. The zero-order valence-corrected chi connectivity index (χ0v) is 38.6. The van der Waals surface area contributed by atoms with Gasteiger partial charge in [-0.25, -0.2) is 4.98 Å². The van der Waals surface area contributed by atoms with Crippen LogP contribution >= 0.6 is 11.3 Å². The lowest BCUT2D eigenvalue weighted by molar-refractivity contribution is -0.141. The van der Waals surface area contributed by atoms with E-state index < -0.39 is 18.1 Å². The summed E-state index contributed by atoms with van der Waals surface area (Å²) in [7, 11) is 0. The van der Waals surface area contributed by atoms with Gasteiger partial charge in [-0.05, 0) is 87.1 Å². The molecular formula is C48H60N10O6S. The molecule has 0 bridgehead atoms. The quantitative estimate of drug-likeness (QED) is 0.113. The fourth-order valence-corrected chi connectivity index (χ4v) is 10.9. The number of β-amino-alcohol motifs (C(OH)–C–C–N with tert-alkyl or cyclic N) is 1. The van der Waals surface area contributed by atoms with Crippen LogP contribution in [0, 0.1) is 12.8 Å². The summed E-state index contributed by atoms with van der Waals surface area (Å²) in [4.78, 5) is 42.5. The van der Waals surface area contributed by atoms with Gasteiger partial charge >= 0.3 is 0 Å². The predicted octanol–water partition coefficient (Wildman–Crippen LogP) is 5.70. The van der Waals surface area contributed by atoms with Crippen LogP contribution in [-0.2, 0) is 9.59 Å². The first-order valence-electron chi connectivity index (χ1n) is 23.0. The molecule has 0 aliphatic carbocycles. The molecule has 65 heavy (non-hydrogen) atoms. The zero-order valence-electron chi connectivity index (χ0n) is 37.8. The summed E-state index contributed by atoms with van der Waals surface area (Å²) < 4.78 is 12.1. The second kappa shape index (κ2) is 19.1. The molecule has 344 valence electrons. The Balaban J connectivity index is 0.756. The average molecular weight is 905 g/mol. The average Bonchev–Trinajstić information content (AvgIpc) is 4.06. The molecule has 17 heteroatoms. The third-order valence-corrected chi connectivity index (χ3v) is 14.6. The van der Waals surface area contributed by atoms with Crippen molar-refractivity contribution in [3.05, 3.63) is 83.2 Å². The summed E-state index contributed by atoms with van der Waals surface area (Å²) in [5.41, 5.74) is 7.21. The maximum atomic E-state index is 14.3. The highest BCUT2D eigenvalue weighted by Gasteiger charge is 2.44. The molecule has 2 aromatic carbocycles. The monoisotopic (exact) mass is 904 g/mol. The van der Waals surface area contributed by atoms with Crippen molar-refractivity contribution in [2.45, 2.75) is 96.2 Å². The van der Waals surface area contributed by atoms with Crippen LogP contribution < -0.4 is 20.3 Å². The number of amides is 2. The molecule has 4 N–H and O–H groups in total. The number of aliphatic hydroxyl groups excluding tert-OH is 1. The number of aromatic hydroxyl groups is 1. The highest BCUT2D eigenvalue weighted by Crippen LogP contribution is 2.38. The van der Waals surface area contributed by atoms with Crippen LogP contribution in [0.2, 0.25) is 0 Å². The van der Waals surface area contributed by atoms with Gasteiger partial charge in [0.15, 0.2) is 11.6 Å². The molecule has 4 aliphatic rings. The van der Waals surface area contributed by atoms with Crippen LogP contribution in [0.15, 0.2) is 70.7 Å². The maximum Gasteiger partial charge on any atom is 0.254 e. The number of carbonyl (C=O) groups excluding carboxylic acids is 2. The lowest BCUT2D eigenvalue weighted by Gasteiger charge is -2.49. The summed E-state index contributed by atoms with van der Waals surface area (Å²) in [5.74, 6) is 0.197. The van der Waals surface area contributed by atoms with Crippen molar-refractivity contribution in [2.75, 3.05) is 62.6 Å². The predicted molar refractivity (Wildman–Crippen MR) is 249 cm³/mol. The second-order valence-corrected chi connectivity index (χ2v) is 19.3. The molecule has 3 saturated heterocycles. The van der Waals surface area contributed by atoms with Crippen LogP contribution in [0.25, 0.3) is 21.7 Å². The van der Waals surface area contributed by atoms with Crippen LogP contribution in [0.5, 0.6) is 11.6 Å². The van der Waals surface area contributed by atoms with Crippen LogP contribution in [0.4, 0.5) is 11.5 Å². The Labute approximate surface area is 384 Å². The zero-order chi connectivity index (χ0) is 45.4. The molecular weight excluding hydrogens is 845 g/mol. The van der Waals surface area contributed by atoms with E-state index in [4.69, 9.17) is 9.26 Å². The van der Waals surface area contributed by atoms with Gasteiger partial charge in [0.2, 0.25) is 11.8 Å². The minimum Gasteiger partial charge on any atom is -0.507 e. The van der Waals surface area contributed by atoms with E-state index in [0.717, 1.165) is 91.9 Å². The van der Waals surface area contributed by atoms with E-state index in [2.05, 4.69) is 45.7 Å². The van der Waals surface area contributed by atoms with E-state index in [1.807, 2.05) is 82.6 Å². The third kappa shape index (κ3) is 9.55. The van der Waals surface area contributed by atoms with Gasteiger partial charge in [-0.15, -0.1) is 21.5 Å². The number of ether oxygens (including phenoxy) is 1. The highest BCUT2D eigenvalue weighted by atomic mass is 32.1. The smallest absolute Gasteiger partial charge is 0.254 e. The number of aromatic nitrogens is 4. The van der Waals surface area contributed by atoms with Gasteiger partial charge < -0.3 is 39.9 Å². The first-order chi connectivity index (χ1) is 31.4. The van der Waals surface area contributed by atoms with E-state index in [1.54, 1.807) is 29.5 Å². The Morgan fingerprint density at radius 1 is 0.985 bits per heavy atom. The minimum atomic E-state index is -0.824. The number of phenols is 1. The number of aryl methyl sites for hydroxylation is 1. The number of hydrogen-bond acceptors (Lipinski definition) is 15. The van der Waals surface area contributed by atoms with E-state index in [9.17, 15) is 19.8 Å². The number of fused-ring (bicyclic) bond motifs is 3. The number of nitrogens with one attached hydrogen (secondary N) is 2. The van der Waals surface area contributed by atoms with Crippen molar-refractivity contribution in [1.82, 2.24) is 40.4 Å². The van der Waals surface area contributed by atoms with Gasteiger partial charge in [-0.3, -0.25) is 19.4 Å². The fraction of sp³-hybridized carbons (Fsp3) is 0.500. The number of piperidine rings is 1. The van der Waals surface area contributed by atoms with Crippen LogP contribution in [0.1, 0.15) is 75.9 Å². The molecule has 9 rings (SSSR count). The molecule has 0 radical (unpaired) electrons. The van der Waals surface area contributed by atoms with Crippen molar-refractivity contribution in [1.29, 1.82) is 0 Å². The number of rotatable bonds is 13. The molecule has 3 aromatic heterocycles. The van der Waals surface area contributed by atoms with Crippen molar-refractivity contribution in [3.8, 4) is 33.3 Å². The Morgan fingerprint density at radius 3 is 2.51 bits per heavy atom. The van der Waals surface area contributed by atoms with E-state index in [1.165, 1.54) is 4.90 Å². The molecule has 0 spiro atoms. The van der Waals surface area contributed by atoms with E-state index in [0.29, 0.717) is 35.0 Å². The standard InChI is InChI=1S/C48H60N10O6S/c1-28(2)44(48(62)58-26-36(59)20-40(58)47(61)51-30(4)32-10-12-33(13-11-32)45-31(5)50-27-65-45)42-22-43(54-64-42)63-29(3)24-55-16-14-34(15-17-55)56-18-19-57-35(25-56)23-49-46-39(57)21-38(52-53-46)37-8-6-7-9-41(37)60/h6-13,21-22,27-30,34-36,40,44,59-60H,14-20,23-26H2,1-5H3,(H,49,53)(H,51,61)/t29-,30-,35+,36+,40-,44+/m0/s1. The first kappa shape index (κ1) is 44.6. The molecule has 16 nitrogen and oxygen atoms in total. The van der Waals surface area contributed by atoms with Gasteiger partial charge in [-0.2, -0.15) is 0 Å². The molecule has 0 saturated carbocycles. The number of phenolic OH excluding ortho intramolecular Hbond substituents is 1. The van der Waals surface area contributed by atoms with Crippen LogP contribution in [-0.4, -0.2) is 140 Å². The minimum absolute atomic E-state index is 0.0590. The van der Waals surface area contributed by atoms with Gasteiger partial charge in [0, 0.05) is 63.4 Å². The summed E-state index contributed by atoms with van der Waals surface area (Å²) >= 11 is 1.59. The number of benzene rings is 2. The summed E-state index contributed by atoms with van der Waals surface area (Å²) in [6, 6.07) is 18.7. The highest BCUT2D eigenvalue weighted by molar-refractivity contribution is 7.13. The summed E-state index contributed by atoms with van der Waals surface area (Å²) in [6.45, 7) is 16.2. The number of likely N-dealkylation sites (tertiary alicyclic amines) is 2. The number of para-hydroxylation sites is 1. The molecule has 3 fully saturated rings. The number of thiazole rings is 1. The van der Waals surface area contributed by atoms with E-state index >= 15 is 0 Å². The van der Waals surface area contributed by atoms with Gasteiger partial charge in [0.05, 0.1) is 45.7 Å². The van der Waals surface area contributed by atoms with Crippen molar-refractivity contribution in [3.63, 3.8) is 0 Å². The Kier molecular flexibility index (Phi) is 13.1. The second-order valence-electron chi connectivity index (χ2n) is 18.5. The lowest BCUT2D eigenvalue weighted by Crippen LogP contribution is -2.61. The number of piperazine rings is 1. The van der Waals surface area contributed by atoms with Crippen LogP contribution in [0.3, 0.4) is 0 Å². The molecule has 6 atom stereocenters. The van der Waals surface area contributed by atoms with Crippen molar-refractivity contribution >= 4 is 34.7 Å². The number of carbonyl (C=O) groups is 2. The number of anilines is 2. The lowest BCUT2D eigenvalue weighted by atomic mass is 9.91. The molecule has 4 aliphatic heterocycles. The number of nitrogens with zero attached hydrogens (tertiary/aromatic N) is 8. The van der Waals surface area contributed by atoms with Gasteiger partial charge in [-0.1, -0.05) is 50.2 Å². The normalized spacial score (nSPS) is 21.9. The van der Waals surface area contributed by atoms with Gasteiger partial charge in [0.25, 0.3) is 5.88 Å². The SMILES string of the molecule is Cc1ncsc1-c1ccc([C@H](C)NC(=O)[C@@H]2C[C@@H](O)CN2C(=O)[C@@H](c2cc(O[C@@H](C)CN3CCC(N4CCN5c6cc(-c7ccccc7O)nnc6NC[C@@H]5C4)CC3)no2)C(C)C)cc1. The van der Waals surface area contributed by atoms with Crippen molar-refractivity contribution < 1.29 is 29.1 Å². The molecule has 7 heterocycles. The largest absolute Gasteiger partial charge is 0.507 e. The first-order valence-corrected chi connectivity index (χ1v) is 23.8. The van der Waals surface area contributed by atoms with E-state index in [-0.39, 0.29) is 48.6 Å². The summed E-state index contributed by atoms with van der Waals surface area (Å²) in [6.07, 6.45) is 1.31. The molecule has 5 aromatic rings. The fourth-order valence-electron chi connectivity index (χ4n) is 10.1. The Bertz CT molecular complexity index is 2450. The molecule has 0 unspecified atom stereocenters. The third-order valence-electron chi connectivity index (χ3n) is 13.6. The summed E-state index contributed by atoms with van der Waals surface area (Å²) in [5, 5.41) is 40.9. The topological polar surface area (TPSA) is 186 Å². The van der Waals surface area contributed by atoms with Crippen molar-refractivity contribution in [2.24, 2.45) is 5.92 Å². The maximum absolute atomic E-state index is 14.3. The van der Waals surface area contributed by atoms with Gasteiger partial charge in [0.1, 0.15) is 23.8 Å². The number of hydrogen-bond donors (Lipinski definition) is 4. The Hall–Kier alpha value is -5.62.